The maximum absolute atomic E-state index is 10.2. The summed E-state index contributed by atoms with van der Waals surface area (Å²) >= 11 is 1.59. The second-order valence-corrected chi connectivity index (χ2v) is 20.9. The van der Waals surface area contributed by atoms with Gasteiger partial charge in [0.1, 0.15) is 0 Å². The van der Waals surface area contributed by atoms with E-state index >= 15 is 0 Å². The molecule has 0 bridgehead atoms. The van der Waals surface area contributed by atoms with E-state index in [4.69, 9.17) is 0 Å². The summed E-state index contributed by atoms with van der Waals surface area (Å²) in [5, 5.41) is 30.7. The monoisotopic (exact) mass is 1060 g/mol. The molecule has 6 nitrogen and oxygen atoms in total. The summed E-state index contributed by atoms with van der Waals surface area (Å²) < 4.78 is 1.23. The Hall–Kier alpha value is -1.57. The first-order valence-electron chi connectivity index (χ1n) is 29.5. The molecule has 0 atom stereocenters. The predicted molar refractivity (Wildman–Crippen MR) is 290 cm³/mol. The third-order valence-corrected chi connectivity index (χ3v) is 14.2. The van der Waals surface area contributed by atoms with E-state index in [1.165, 1.54) is 260 Å². The van der Waals surface area contributed by atoms with Gasteiger partial charge in [0.05, 0.1) is 0 Å². The zero-order chi connectivity index (χ0) is 50.5. The summed E-state index contributed by atoms with van der Waals surface area (Å²) in [5.41, 5.74) is 1.45. The van der Waals surface area contributed by atoms with Crippen LogP contribution in [0, 0.1) is 0 Å². The molecule has 0 saturated carbocycles. The Labute approximate surface area is 437 Å². The van der Waals surface area contributed by atoms with Gasteiger partial charge in [0.2, 0.25) is 0 Å². The van der Waals surface area contributed by atoms with Crippen molar-refractivity contribution in [3.63, 3.8) is 0 Å². The zero-order valence-corrected chi connectivity index (χ0v) is 48.3. The Kier molecular flexibility index (Phi) is 68.0. The molecule has 7 heteroatoms. The molecule has 1 rings (SSSR count). The van der Waals surface area contributed by atoms with E-state index in [1.54, 1.807) is 22.5 Å². The van der Waals surface area contributed by atoms with Crippen molar-refractivity contribution in [3.8, 4) is 0 Å². The van der Waals surface area contributed by atoms with E-state index in [0.29, 0.717) is 0 Å². The van der Waals surface area contributed by atoms with Gasteiger partial charge in [-0.25, -0.2) is 0 Å². The summed E-state index contributed by atoms with van der Waals surface area (Å²) in [6, 6.07) is 10.5. The average Bonchev–Trinajstić information content (AvgIpc) is 3.33. The fourth-order valence-corrected chi connectivity index (χ4v) is 9.19. The van der Waals surface area contributed by atoms with Crippen LogP contribution in [0.2, 0.25) is 0 Å². The molecule has 396 valence electrons. The molecule has 1 aromatic rings. The van der Waals surface area contributed by atoms with E-state index in [-0.39, 0.29) is 19.3 Å². The third kappa shape index (κ3) is 73.4. The summed E-state index contributed by atoms with van der Waals surface area (Å²) in [6.07, 6.45) is 59.6. The van der Waals surface area contributed by atoms with Crippen molar-refractivity contribution in [2.75, 3.05) is 0 Å². The first-order valence-corrected chi connectivity index (χ1v) is 31.5. The molecule has 0 aliphatic carbocycles. The molecule has 0 unspecified atom stereocenters. The van der Waals surface area contributed by atoms with Gasteiger partial charge in [-0.2, -0.15) is 0 Å². The number of carbonyl (C=O) groups is 3. The van der Waals surface area contributed by atoms with Crippen LogP contribution in [0.15, 0.2) is 30.3 Å². The van der Waals surface area contributed by atoms with Crippen molar-refractivity contribution >= 4 is 40.4 Å². The van der Waals surface area contributed by atoms with Gasteiger partial charge in [0, 0.05) is 17.9 Å². The van der Waals surface area contributed by atoms with Crippen LogP contribution in [0.5, 0.6) is 0 Å². The topological polar surface area (TPSA) is 120 Å². The maximum atomic E-state index is 10.2. The van der Waals surface area contributed by atoms with Crippen molar-refractivity contribution < 1.29 is 29.7 Å². The molecule has 0 heterocycles. The van der Waals surface area contributed by atoms with Gasteiger partial charge in [-0.3, -0.25) is 0 Å². The van der Waals surface area contributed by atoms with Crippen molar-refractivity contribution in [2.24, 2.45) is 0 Å². The number of carbonyl (C=O) groups excluding carboxylic acids is 3. The van der Waals surface area contributed by atoms with Crippen molar-refractivity contribution in [2.45, 2.75) is 333 Å². The van der Waals surface area contributed by atoms with Gasteiger partial charge in [0.15, 0.2) is 0 Å². The summed E-state index contributed by atoms with van der Waals surface area (Å²) in [5.74, 6) is -2.71. The molecule has 0 saturated heterocycles. The predicted octanol–water partition coefficient (Wildman–Crippen LogP) is 16.3. The summed E-state index contributed by atoms with van der Waals surface area (Å²) in [6.45, 7) is 6.80. The fraction of sp³-hybridized carbons (Fsp3) is 0.852. The molecular formula is C61H112O6Sn. The Morgan fingerprint density at radius 1 is 0.294 bits per heavy atom. The first-order chi connectivity index (χ1) is 33.2. The van der Waals surface area contributed by atoms with Crippen LogP contribution in [-0.2, 0) is 18.8 Å². The SMILES string of the molecule is CCCCCCCCCCCCCCCCCC(=O)[O-].CCCCCCCCCCCCCCCCCC(=O)[O-].CCCCCCCCCCCCCCCCCC(=O)[O-].[Sn+3][CH2]c1ccccc1. The van der Waals surface area contributed by atoms with Gasteiger partial charge in [0.25, 0.3) is 0 Å². The second kappa shape index (κ2) is 65.4. The molecule has 0 radical (unpaired) electrons. The minimum absolute atomic E-state index is 0.234. The Balaban J connectivity index is -0.000000859. The third-order valence-electron chi connectivity index (χ3n) is 13.0. The summed E-state index contributed by atoms with van der Waals surface area (Å²) in [4.78, 5) is 30.7. The number of benzene rings is 1. The number of aliphatic carboxylic acids is 3. The van der Waals surface area contributed by atoms with E-state index < -0.39 is 17.9 Å². The standard InChI is InChI=1S/3C18H36O2.C7H7.Sn/c3*1-2-3-4-5-6-7-8-9-10-11-12-13-14-15-16-17-18(19)20;1-7-5-3-2-4-6-7;/h3*2-17H2,1H3,(H,19,20);2-6H,1H2;/q;;;;+3/p-3. The zero-order valence-electron chi connectivity index (χ0n) is 45.5. The van der Waals surface area contributed by atoms with Crippen LogP contribution in [0.25, 0.3) is 0 Å². The molecule has 0 amide bonds. The molecular weight excluding hydrogens is 947 g/mol. The van der Waals surface area contributed by atoms with Crippen LogP contribution < -0.4 is 15.3 Å². The number of carboxylic acid groups (broad SMARTS) is 3. The van der Waals surface area contributed by atoms with Gasteiger partial charge in [-0.15, -0.1) is 0 Å². The van der Waals surface area contributed by atoms with Crippen molar-refractivity contribution in [3.05, 3.63) is 35.9 Å². The first kappa shape index (κ1) is 70.7. The Morgan fingerprint density at radius 2 is 0.456 bits per heavy atom. The molecule has 0 aliphatic rings. The number of hydrogen-bond acceptors (Lipinski definition) is 6. The van der Waals surface area contributed by atoms with E-state index in [0.717, 1.165) is 38.5 Å². The van der Waals surface area contributed by atoms with Crippen LogP contribution in [0.1, 0.15) is 335 Å². The quantitative estimate of drug-likeness (QED) is 0.0473. The molecule has 68 heavy (non-hydrogen) atoms. The number of carboxylic acids is 3. The molecule has 0 N–H and O–H groups in total. The molecule has 1 aromatic carbocycles. The molecule has 0 spiro atoms. The Morgan fingerprint density at radius 3 is 0.588 bits per heavy atom. The van der Waals surface area contributed by atoms with Crippen molar-refractivity contribution in [1.29, 1.82) is 0 Å². The van der Waals surface area contributed by atoms with Gasteiger partial charge in [-0.05, 0) is 38.5 Å². The number of unbranched alkanes of at least 4 members (excludes halogenated alkanes) is 42. The van der Waals surface area contributed by atoms with Gasteiger partial charge < -0.3 is 29.7 Å². The number of hydrogen-bond donors (Lipinski definition) is 0. The van der Waals surface area contributed by atoms with E-state index in [1.807, 2.05) is 0 Å². The second-order valence-electron chi connectivity index (χ2n) is 19.9. The molecule has 0 aliphatic heterocycles. The van der Waals surface area contributed by atoms with Crippen LogP contribution in [0.4, 0.5) is 0 Å². The van der Waals surface area contributed by atoms with Gasteiger partial charge >= 0.3 is 62.9 Å². The molecule has 0 aromatic heterocycles. The number of rotatable bonds is 49. The van der Waals surface area contributed by atoms with Crippen molar-refractivity contribution in [1.82, 2.24) is 0 Å². The summed E-state index contributed by atoms with van der Waals surface area (Å²) in [7, 11) is 0. The molecule has 0 fully saturated rings. The van der Waals surface area contributed by atoms with Gasteiger partial charge in [-0.1, -0.05) is 290 Å². The van der Waals surface area contributed by atoms with E-state index in [2.05, 4.69) is 51.1 Å². The van der Waals surface area contributed by atoms with Crippen LogP contribution >= 0.6 is 0 Å². The normalized spacial score (nSPS) is 10.7. The minimum atomic E-state index is -0.903. The van der Waals surface area contributed by atoms with Crippen LogP contribution in [0.3, 0.4) is 0 Å². The fourth-order valence-electron chi connectivity index (χ4n) is 8.52. The van der Waals surface area contributed by atoms with E-state index in [9.17, 15) is 29.7 Å². The van der Waals surface area contributed by atoms with Crippen LogP contribution in [-0.4, -0.2) is 40.4 Å². The Bertz CT molecular complexity index is 993. The average molecular weight is 1060 g/mol.